The Labute approximate surface area is 53.8 Å². The number of carbonyl (C=O) groups is 1. The van der Waals surface area contributed by atoms with E-state index in [1.54, 1.807) is 0 Å². The molecular formula is C5H9N2O2. The maximum Gasteiger partial charge on any atom is 0.320 e. The fourth-order valence-corrected chi connectivity index (χ4v) is 0.895. The molecule has 0 aromatic rings. The topological polar surface area (TPSA) is 79.8 Å². The van der Waals surface area contributed by atoms with Gasteiger partial charge in [-0.1, -0.05) is 0 Å². The van der Waals surface area contributed by atoms with Gasteiger partial charge in [0.2, 0.25) is 0 Å². The molecule has 0 spiro atoms. The third-order valence-corrected chi connectivity index (χ3v) is 1.36. The Balaban J connectivity index is 0.000000640. The van der Waals surface area contributed by atoms with Crippen LogP contribution >= 0.6 is 0 Å². The fourth-order valence-electron chi connectivity index (χ4n) is 0.895. The fraction of sp³-hybridized carbons (Fsp3) is 0.800. The number of aliphatic carboxylic acids is 1. The molecule has 1 atom stereocenters. The Kier molecular flexibility index (Phi) is 3.19. The zero-order valence-corrected chi connectivity index (χ0v) is 5.00. The van der Waals surface area contributed by atoms with Crippen LogP contribution in [0.4, 0.5) is 0 Å². The molecule has 1 fully saturated rings. The second-order valence-corrected chi connectivity index (χ2v) is 1.99. The summed E-state index contributed by atoms with van der Waals surface area (Å²) in [6.07, 6.45) is 1.78. The van der Waals surface area contributed by atoms with Crippen LogP contribution in [0, 0.1) is 0 Å². The minimum Gasteiger partial charge on any atom is -0.480 e. The predicted octanol–water partition coefficient (Wildman–Crippen LogP) is -0.658. The van der Waals surface area contributed by atoms with Gasteiger partial charge in [-0.05, 0) is 19.4 Å². The minimum atomic E-state index is -0.720. The summed E-state index contributed by atoms with van der Waals surface area (Å²) in [5, 5.41) is 11.2. The van der Waals surface area contributed by atoms with Crippen molar-refractivity contribution in [3.05, 3.63) is 0 Å². The van der Waals surface area contributed by atoms with Gasteiger partial charge in [-0.3, -0.25) is 4.79 Å². The van der Waals surface area contributed by atoms with E-state index in [1.807, 2.05) is 0 Å². The summed E-state index contributed by atoms with van der Waals surface area (Å²) in [7, 11) is 0. The number of nitrogens with zero attached hydrogens (tertiary/aromatic N) is 1. The number of hydrogen-bond donors (Lipinski definition) is 2. The van der Waals surface area contributed by atoms with E-state index in [-0.39, 0.29) is 12.2 Å². The average molecular weight is 129 g/mol. The van der Waals surface area contributed by atoms with Gasteiger partial charge in [-0.2, -0.15) is 0 Å². The molecule has 51 valence electrons. The van der Waals surface area contributed by atoms with Gasteiger partial charge in [0.1, 0.15) is 6.04 Å². The second kappa shape index (κ2) is 3.42. The van der Waals surface area contributed by atoms with Gasteiger partial charge in [-0.15, -0.1) is 0 Å². The van der Waals surface area contributed by atoms with Gasteiger partial charge < -0.3 is 10.4 Å². The van der Waals surface area contributed by atoms with E-state index < -0.39 is 5.97 Å². The molecule has 0 amide bonds. The SMILES string of the molecule is O=C(O)[C@@H]1CCCN1.[N]. The molecule has 4 heteroatoms. The molecule has 0 aromatic carbocycles. The number of rotatable bonds is 1. The van der Waals surface area contributed by atoms with Crippen molar-refractivity contribution in [3.63, 3.8) is 0 Å². The van der Waals surface area contributed by atoms with Crippen LogP contribution in [0.5, 0.6) is 0 Å². The van der Waals surface area contributed by atoms with Crippen LogP contribution < -0.4 is 11.5 Å². The molecule has 1 heterocycles. The van der Waals surface area contributed by atoms with E-state index in [0.717, 1.165) is 19.4 Å². The maximum absolute atomic E-state index is 10.1. The van der Waals surface area contributed by atoms with Crippen molar-refractivity contribution in [3.8, 4) is 0 Å². The van der Waals surface area contributed by atoms with Crippen LogP contribution in [0.3, 0.4) is 0 Å². The van der Waals surface area contributed by atoms with Crippen molar-refractivity contribution in [1.82, 2.24) is 11.5 Å². The lowest BCUT2D eigenvalue weighted by Crippen LogP contribution is -2.29. The first-order valence-corrected chi connectivity index (χ1v) is 2.77. The van der Waals surface area contributed by atoms with Crippen LogP contribution in [0.1, 0.15) is 12.8 Å². The Bertz CT molecular complexity index is 99.1. The third-order valence-electron chi connectivity index (χ3n) is 1.36. The molecule has 2 N–H and O–H groups in total. The van der Waals surface area contributed by atoms with Gasteiger partial charge in [-0.25, -0.2) is 0 Å². The summed E-state index contributed by atoms with van der Waals surface area (Å²) in [6.45, 7) is 0.858. The lowest BCUT2D eigenvalue weighted by Gasteiger charge is -1.99. The molecule has 4 nitrogen and oxygen atoms in total. The Morgan fingerprint density at radius 2 is 2.33 bits per heavy atom. The van der Waals surface area contributed by atoms with E-state index in [1.165, 1.54) is 0 Å². The van der Waals surface area contributed by atoms with Crippen molar-refractivity contribution in [2.75, 3.05) is 6.54 Å². The molecule has 9 heavy (non-hydrogen) atoms. The molecule has 1 aliphatic heterocycles. The van der Waals surface area contributed by atoms with Gasteiger partial charge in [0, 0.05) is 6.15 Å². The largest absolute Gasteiger partial charge is 0.480 e. The Morgan fingerprint density at radius 3 is 2.56 bits per heavy atom. The smallest absolute Gasteiger partial charge is 0.320 e. The molecular weight excluding hydrogens is 120 g/mol. The van der Waals surface area contributed by atoms with Crippen molar-refractivity contribution in [2.24, 2.45) is 0 Å². The first-order valence-electron chi connectivity index (χ1n) is 2.77. The molecule has 0 aliphatic carbocycles. The zero-order valence-electron chi connectivity index (χ0n) is 5.00. The van der Waals surface area contributed by atoms with Gasteiger partial charge in [0.05, 0.1) is 0 Å². The quantitative estimate of drug-likeness (QED) is 0.493. The first-order chi connectivity index (χ1) is 3.80. The van der Waals surface area contributed by atoms with Gasteiger partial charge in [0.25, 0.3) is 0 Å². The first kappa shape index (κ1) is 8.39. The molecule has 3 radical (unpaired) electrons. The van der Waals surface area contributed by atoms with Crippen LogP contribution in [-0.2, 0) is 4.79 Å². The third kappa shape index (κ3) is 1.99. The summed E-state index contributed by atoms with van der Waals surface area (Å²) in [6, 6.07) is -0.269. The molecule has 0 bridgehead atoms. The highest BCUT2D eigenvalue weighted by Gasteiger charge is 2.20. The molecule has 1 rings (SSSR count). The molecule has 0 unspecified atom stereocenters. The van der Waals surface area contributed by atoms with E-state index in [4.69, 9.17) is 5.11 Å². The highest BCUT2D eigenvalue weighted by molar-refractivity contribution is 5.73. The van der Waals surface area contributed by atoms with Crippen LogP contribution in [-0.4, -0.2) is 23.7 Å². The van der Waals surface area contributed by atoms with E-state index >= 15 is 0 Å². The van der Waals surface area contributed by atoms with Crippen LogP contribution in [0.25, 0.3) is 0 Å². The van der Waals surface area contributed by atoms with Crippen LogP contribution in [0.15, 0.2) is 0 Å². The molecule has 0 aromatic heterocycles. The molecule has 0 saturated carbocycles. The Morgan fingerprint density at radius 1 is 1.67 bits per heavy atom. The monoisotopic (exact) mass is 129 g/mol. The van der Waals surface area contributed by atoms with Crippen molar-refractivity contribution in [2.45, 2.75) is 18.9 Å². The number of nitrogens with one attached hydrogen (secondary N) is 1. The number of hydrogen-bond acceptors (Lipinski definition) is 2. The van der Waals surface area contributed by atoms with Crippen molar-refractivity contribution >= 4 is 5.97 Å². The summed E-state index contributed by atoms with van der Waals surface area (Å²) in [4.78, 5) is 10.1. The van der Waals surface area contributed by atoms with E-state index in [2.05, 4.69) is 5.32 Å². The second-order valence-electron chi connectivity index (χ2n) is 1.99. The normalized spacial score (nSPS) is 25.1. The average Bonchev–Trinajstić information content (AvgIpc) is 2.12. The number of carboxylic acid groups (broad SMARTS) is 1. The number of carboxylic acids is 1. The van der Waals surface area contributed by atoms with Crippen molar-refractivity contribution < 1.29 is 9.90 Å². The standard InChI is InChI=1S/C5H9NO2.N/c7-5(8)4-2-1-3-6-4;/h4,6H,1-3H2,(H,7,8);/t4-;/m0./s1. The van der Waals surface area contributed by atoms with Crippen molar-refractivity contribution in [1.29, 1.82) is 0 Å². The summed E-state index contributed by atoms with van der Waals surface area (Å²) in [5.74, 6) is -0.720. The maximum atomic E-state index is 10.1. The highest BCUT2D eigenvalue weighted by Crippen LogP contribution is 2.03. The van der Waals surface area contributed by atoms with E-state index in [0.29, 0.717) is 0 Å². The molecule has 1 saturated heterocycles. The predicted molar refractivity (Wildman–Crippen MR) is 30.8 cm³/mol. The zero-order chi connectivity index (χ0) is 5.98. The summed E-state index contributed by atoms with van der Waals surface area (Å²) >= 11 is 0. The lowest BCUT2D eigenvalue weighted by atomic mass is 10.2. The lowest BCUT2D eigenvalue weighted by molar-refractivity contribution is -0.139. The summed E-state index contributed by atoms with van der Waals surface area (Å²) in [5.41, 5.74) is 0. The Hall–Kier alpha value is -0.610. The highest BCUT2D eigenvalue weighted by atomic mass is 16.4. The molecule has 1 aliphatic rings. The van der Waals surface area contributed by atoms with E-state index in [9.17, 15) is 4.79 Å². The minimum absolute atomic E-state index is 0. The van der Waals surface area contributed by atoms with Gasteiger partial charge >= 0.3 is 5.97 Å². The summed E-state index contributed by atoms with van der Waals surface area (Å²) < 4.78 is 0. The van der Waals surface area contributed by atoms with Crippen LogP contribution in [0.2, 0.25) is 0 Å². The van der Waals surface area contributed by atoms with Gasteiger partial charge in [0.15, 0.2) is 0 Å².